The second kappa shape index (κ2) is 5.38. The van der Waals surface area contributed by atoms with Crippen molar-refractivity contribution in [3.05, 3.63) is 64.9 Å². The van der Waals surface area contributed by atoms with Crippen molar-refractivity contribution in [2.45, 2.75) is 6.04 Å². The van der Waals surface area contributed by atoms with Crippen LogP contribution in [0.1, 0.15) is 16.7 Å². The van der Waals surface area contributed by atoms with E-state index in [1.54, 1.807) is 29.7 Å². The molecule has 3 aromatic rings. The van der Waals surface area contributed by atoms with Crippen molar-refractivity contribution in [2.24, 2.45) is 7.05 Å². The monoisotopic (exact) mass is 285 g/mol. The van der Waals surface area contributed by atoms with Crippen molar-refractivity contribution >= 4 is 17.0 Å². The quantitative estimate of drug-likeness (QED) is 0.772. The number of nitrogens with one attached hydrogen (secondary N) is 1. The van der Waals surface area contributed by atoms with Crippen LogP contribution in [0.25, 0.3) is 0 Å². The van der Waals surface area contributed by atoms with Gasteiger partial charge in [0.25, 0.3) is 0 Å². The van der Waals surface area contributed by atoms with Gasteiger partial charge < -0.3 is 15.0 Å². The largest absolute Gasteiger partial charge is 0.508 e. The van der Waals surface area contributed by atoms with Gasteiger partial charge in [-0.25, -0.2) is 4.98 Å². The van der Waals surface area contributed by atoms with Crippen LogP contribution in [-0.2, 0) is 7.05 Å². The number of benzene rings is 1. The van der Waals surface area contributed by atoms with Gasteiger partial charge in [0, 0.05) is 36.1 Å². The molecular formula is C15H15N3OS. The molecule has 0 amide bonds. The molecule has 0 aliphatic heterocycles. The van der Waals surface area contributed by atoms with Crippen LogP contribution in [0.5, 0.6) is 5.75 Å². The van der Waals surface area contributed by atoms with Crippen molar-refractivity contribution in [2.75, 3.05) is 5.32 Å². The SMILES string of the molecule is Cn1ccnc1C(Nc1cccc(O)c1)c1cccs1. The topological polar surface area (TPSA) is 50.1 Å². The lowest BCUT2D eigenvalue weighted by Gasteiger charge is -2.18. The molecule has 20 heavy (non-hydrogen) atoms. The molecule has 2 aromatic heterocycles. The average molecular weight is 285 g/mol. The third-order valence-corrected chi connectivity index (χ3v) is 4.04. The summed E-state index contributed by atoms with van der Waals surface area (Å²) < 4.78 is 2.00. The maximum atomic E-state index is 9.58. The summed E-state index contributed by atoms with van der Waals surface area (Å²) in [6.45, 7) is 0. The standard InChI is InChI=1S/C15H15N3OS/c1-18-8-7-16-15(18)14(13-6-3-9-20-13)17-11-4-2-5-12(19)10-11/h2-10,14,17,19H,1H3. The molecule has 102 valence electrons. The maximum absolute atomic E-state index is 9.58. The summed E-state index contributed by atoms with van der Waals surface area (Å²) in [5, 5.41) is 15.1. The third-order valence-electron chi connectivity index (χ3n) is 3.10. The van der Waals surface area contributed by atoms with Crippen LogP contribution in [0, 0.1) is 0 Å². The van der Waals surface area contributed by atoms with Crippen LogP contribution < -0.4 is 5.32 Å². The second-order valence-corrected chi connectivity index (χ2v) is 5.52. The summed E-state index contributed by atoms with van der Waals surface area (Å²) in [5.41, 5.74) is 0.867. The van der Waals surface area contributed by atoms with Gasteiger partial charge in [0.15, 0.2) is 0 Å². The first-order chi connectivity index (χ1) is 9.74. The predicted molar refractivity (Wildman–Crippen MR) is 81.1 cm³/mol. The normalized spacial score (nSPS) is 12.2. The van der Waals surface area contributed by atoms with Crippen LogP contribution in [-0.4, -0.2) is 14.7 Å². The van der Waals surface area contributed by atoms with E-state index in [1.165, 1.54) is 4.88 Å². The zero-order chi connectivity index (χ0) is 13.9. The molecule has 1 aromatic carbocycles. The number of hydrogen-bond acceptors (Lipinski definition) is 4. The fourth-order valence-corrected chi connectivity index (χ4v) is 2.91. The molecule has 4 nitrogen and oxygen atoms in total. The Hall–Kier alpha value is -2.27. The first kappa shape index (κ1) is 12.7. The Bertz CT molecular complexity index is 691. The third kappa shape index (κ3) is 2.53. The van der Waals surface area contributed by atoms with E-state index in [0.29, 0.717) is 0 Å². The van der Waals surface area contributed by atoms with E-state index < -0.39 is 0 Å². The molecule has 1 unspecified atom stereocenters. The highest BCUT2D eigenvalue weighted by Crippen LogP contribution is 2.29. The summed E-state index contributed by atoms with van der Waals surface area (Å²) in [6, 6.07) is 11.2. The molecule has 2 heterocycles. The number of nitrogens with zero attached hydrogens (tertiary/aromatic N) is 2. The number of phenols is 1. The molecule has 0 saturated carbocycles. The Kier molecular flexibility index (Phi) is 3.43. The molecule has 5 heteroatoms. The molecule has 0 radical (unpaired) electrons. The number of aromatic nitrogens is 2. The van der Waals surface area contributed by atoms with Gasteiger partial charge in [-0.3, -0.25) is 0 Å². The van der Waals surface area contributed by atoms with Crippen molar-refractivity contribution in [3.8, 4) is 5.75 Å². The summed E-state index contributed by atoms with van der Waals surface area (Å²) in [5.74, 6) is 1.19. The van der Waals surface area contributed by atoms with Crippen molar-refractivity contribution < 1.29 is 5.11 Å². The van der Waals surface area contributed by atoms with Crippen LogP contribution in [0.3, 0.4) is 0 Å². The number of anilines is 1. The molecule has 0 saturated heterocycles. The number of thiophene rings is 1. The predicted octanol–water partition coefficient (Wildman–Crippen LogP) is 3.39. The zero-order valence-electron chi connectivity index (χ0n) is 11.0. The van der Waals surface area contributed by atoms with Gasteiger partial charge >= 0.3 is 0 Å². The van der Waals surface area contributed by atoms with E-state index >= 15 is 0 Å². The van der Waals surface area contributed by atoms with E-state index in [9.17, 15) is 5.11 Å². The van der Waals surface area contributed by atoms with Crippen LogP contribution in [0.15, 0.2) is 54.2 Å². The number of imidazole rings is 1. The van der Waals surface area contributed by atoms with Gasteiger partial charge in [0.05, 0.1) is 0 Å². The van der Waals surface area contributed by atoms with E-state index in [4.69, 9.17) is 0 Å². The molecule has 1 atom stereocenters. The van der Waals surface area contributed by atoms with Crippen LogP contribution >= 0.6 is 11.3 Å². The molecule has 0 bridgehead atoms. The Morgan fingerprint density at radius 3 is 2.85 bits per heavy atom. The van der Waals surface area contributed by atoms with Gasteiger partial charge in [-0.05, 0) is 23.6 Å². The summed E-state index contributed by atoms with van der Waals surface area (Å²) in [6.07, 6.45) is 3.72. The first-order valence-electron chi connectivity index (χ1n) is 6.30. The fourth-order valence-electron chi connectivity index (χ4n) is 2.14. The van der Waals surface area contributed by atoms with Gasteiger partial charge in [-0.2, -0.15) is 0 Å². The highest BCUT2D eigenvalue weighted by atomic mass is 32.1. The first-order valence-corrected chi connectivity index (χ1v) is 7.18. The lowest BCUT2D eigenvalue weighted by Crippen LogP contribution is -2.15. The van der Waals surface area contributed by atoms with Gasteiger partial charge in [-0.1, -0.05) is 12.1 Å². The molecule has 0 fully saturated rings. The van der Waals surface area contributed by atoms with E-state index in [0.717, 1.165) is 11.5 Å². The number of rotatable bonds is 4. The minimum atomic E-state index is -0.0307. The van der Waals surface area contributed by atoms with Gasteiger partial charge in [-0.15, -0.1) is 11.3 Å². The number of hydrogen-bond donors (Lipinski definition) is 2. The molecular weight excluding hydrogens is 270 g/mol. The summed E-state index contributed by atoms with van der Waals surface area (Å²) in [4.78, 5) is 5.62. The van der Waals surface area contributed by atoms with Crippen LogP contribution in [0.4, 0.5) is 5.69 Å². The average Bonchev–Trinajstić information content (AvgIpc) is 3.07. The van der Waals surface area contributed by atoms with Crippen molar-refractivity contribution in [3.63, 3.8) is 0 Å². The molecule has 0 aliphatic carbocycles. The second-order valence-electron chi connectivity index (χ2n) is 4.54. The Morgan fingerprint density at radius 2 is 2.20 bits per heavy atom. The van der Waals surface area contributed by atoms with Crippen molar-refractivity contribution in [1.29, 1.82) is 0 Å². The Balaban J connectivity index is 1.97. The Labute approximate surface area is 121 Å². The summed E-state index contributed by atoms with van der Waals surface area (Å²) in [7, 11) is 1.98. The fraction of sp³-hybridized carbons (Fsp3) is 0.133. The summed E-state index contributed by atoms with van der Waals surface area (Å²) >= 11 is 1.68. The minimum Gasteiger partial charge on any atom is -0.508 e. The molecule has 0 aliphatic rings. The van der Waals surface area contributed by atoms with Crippen LogP contribution in [0.2, 0.25) is 0 Å². The highest BCUT2D eigenvalue weighted by molar-refractivity contribution is 7.10. The molecule has 0 spiro atoms. The number of phenolic OH excluding ortho intramolecular Hbond substituents is 1. The smallest absolute Gasteiger partial charge is 0.136 e. The van der Waals surface area contributed by atoms with E-state index in [-0.39, 0.29) is 11.8 Å². The maximum Gasteiger partial charge on any atom is 0.136 e. The Morgan fingerprint density at radius 1 is 1.30 bits per heavy atom. The van der Waals surface area contributed by atoms with Crippen molar-refractivity contribution in [1.82, 2.24) is 9.55 Å². The molecule has 3 rings (SSSR count). The number of aryl methyl sites for hydroxylation is 1. The number of aromatic hydroxyl groups is 1. The minimum absolute atomic E-state index is 0.0307. The van der Waals surface area contributed by atoms with E-state index in [1.807, 2.05) is 36.0 Å². The highest BCUT2D eigenvalue weighted by Gasteiger charge is 2.19. The lowest BCUT2D eigenvalue weighted by atomic mass is 10.2. The zero-order valence-corrected chi connectivity index (χ0v) is 11.8. The van der Waals surface area contributed by atoms with E-state index in [2.05, 4.69) is 21.7 Å². The lowest BCUT2D eigenvalue weighted by molar-refractivity contribution is 0.475. The van der Waals surface area contributed by atoms with Gasteiger partial charge in [0.2, 0.25) is 0 Å². The molecule has 2 N–H and O–H groups in total. The van der Waals surface area contributed by atoms with Gasteiger partial charge in [0.1, 0.15) is 17.6 Å².